The van der Waals surface area contributed by atoms with Crippen LogP contribution < -0.4 is 0 Å². The van der Waals surface area contributed by atoms with Crippen molar-refractivity contribution in [2.45, 2.75) is 46.0 Å². The van der Waals surface area contributed by atoms with Gasteiger partial charge in [0.1, 0.15) is 0 Å². The summed E-state index contributed by atoms with van der Waals surface area (Å²) in [6.45, 7) is 5.42. The third-order valence-electron chi connectivity index (χ3n) is 4.06. The van der Waals surface area contributed by atoms with Crippen molar-refractivity contribution in [3.8, 4) is 0 Å². The molecular formula is C19H24N2O5. The lowest BCUT2D eigenvalue weighted by Crippen LogP contribution is -2.33. The lowest BCUT2D eigenvalue weighted by Gasteiger charge is -2.21. The highest BCUT2D eigenvalue weighted by Gasteiger charge is 2.38. The molecule has 3 amide bonds. The summed E-state index contributed by atoms with van der Waals surface area (Å²) < 4.78 is 0. The number of benzene rings is 1. The topological polar surface area (TPSA) is 84.0 Å². The van der Waals surface area contributed by atoms with Gasteiger partial charge in [-0.1, -0.05) is 31.0 Å². The van der Waals surface area contributed by atoms with Crippen LogP contribution in [0.15, 0.2) is 24.3 Å². The number of carbonyl (C=O) groups is 4. The van der Waals surface area contributed by atoms with Crippen molar-refractivity contribution >= 4 is 23.7 Å². The Morgan fingerprint density at radius 1 is 0.962 bits per heavy atom. The van der Waals surface area contributed by atoms with Crippen LogP contribution in [0.2, 0.25) is 0 Å². The highest BCUT2D eigenvalue weighted by molar-refractivity contribution is 6.20. The van der Waals surface area contributed by atoms with Crippen molar-refractivity contribution in [3.63, 3.8) is 0 Å². The third kappa shape index (κ3) is 4.47. The first kappa shape index (κ1) is 19.6. The molecule has 0 unspecified atom stereocenters. The standard InChI is InChI=1S/C19H24N2O5/c1-3-12-20(13-4-2)16(22)10-7-11-17(23)26-21-18(24)14-8-5-6-9-15(14)19(21)25/h5-6,8-9H,3-4,7,10-13H2,1-2H3. The van der Waals surface area contributed by atoms with Crippen LogP contribution in [0, 0.1) is 0 Å². The van der Waals surface area contributed by atoms with Crippen LogP contribution >= 0.6 is 0 Å². The Bertz CT molecular complexity index is 660. The number of fused-ring (bicyclic) bond motifs is 1. The Morgan fingerprint density at radius 2 is 1.50 bits per heavy atom. The molecule has 1 heterocycles. The Balaban J connectivity index is 1.82. The molecule has 0 spiro atoms. The molecule has 0 fully saturated rings. The molecule has 1 aliphatic rings. The summed E-state index contributed by atoms with van der Waals surface area (Å²) in [5.74, 6) is -1.99. The molecule has 1 aliphatic heterocycles. The van der Waals surface area contributed by atoms with Crippen LogP contribution in [0.3, 0.4) is 0 Å². The summed E-state index contributed by atoms with van der Waals surface area (Å²) >= 11 is 0. The maximum Gasteiger partial charge on any atom is 0.333 e. The first-order valence-corrected chi connectivity index (χ1v) is 8.96. The van der Waals surface area contributed by atoms with E-state index in [2.05, 4.69) is 0 Å². The second kappa shape index (κ2) is 9.12. The molecule has 140 valence electrons. The molecule has 0 N–H and O–H groups in total. The van der Waals surface area contributed by atoms with Gasteiger partial charge in [-0.3, -0.25) is 14.4 Å². The van der Waals surface area contributed by atoms with Crippen molar-refractivity contribution in [1.29, 1.82) is 0 Å². The van der Waals surface area contributed by atoms with Gasteiger partial charge in [0.05, 0.1) is 11.1 Å². The summed E-state index contributed by atoms with van der Waals surface area (Å²) in [5, 5.41) is 0.495. The Morgan fingerprint density at radius 3 is 2.00 bits per heavy atom. The lowest BCUT2D eigenvalue weighted by atomic mass is 10.1. The average molecular weight is 360 g/mol. The summed E-state index contributed by atoms with van der Waals surface area (Å²) in [4.78, 5) is 55.1. The van der Waals surface area contributed by atoms with Gasteiger partial charge in [-0.05, 0) is 31.4 Å². The monoisotopic (exact) mass is 360 g/mol. The van der Waals surface area contributed by atoms with Gasteiger partial charge in [0.15, 0.2) is 0 Å². The van der Waals surface area contributed by atoms with E-state index in [1.165, 1.54) is 12.1 Å². The normalized spacial score (nSPS) is 12.9. The summed E-state index contributed by atoms with van der Waals surface area (Å²) in [6.07, 6.45) is 2.27. The van der Waals surface area contributed by atoms with Crippen molar-refractivity contribution < 1.29 is 24.0 Å². The predicted molar refractivity (Wildman–Crippen MR) is 94.0 cm³/mol. The van der Waals surface area contributed by atoms with Crippen LogP contribution in [0.1, 0.15) is 66.7 Å². The van der Waals surface area contributed by atoms with Crippen LogP contribution in [0.5, 0.6) is 0 Å². The SMILES string of the molecule is CCCN(CCC)C(=O)CCCC(=O)ON1C(=O)c2ccccc2C1=O. The minimum absolute atomic E-state index is 0.00207. The van der Waals surface area contributed by atoms with Crippen molar-refractivity contribution in [2.75, 3.05) is 13.1 Å². The number of rotatable bonds is 9. The molecule has 1 aromatic carbocycles. The Kier molecular flexibility index (Phi) is 6.89. The Labute approximate surface area is 152 Å². The maximum absolute atomic E-state index is 12.2. The number of hydroxylamine groups is 2. The molecule has 1 aromatic rings. The highest BCUT2D eigenvalue weighted by Crippen LogP contribution is 2.23. The minimum Gasteiger partial charge on any atom is -0.343 e. The van der Waals surface area contributed by atoms with E-state index in [-0.39, 0.29) is 29.9 Å². The van der Waals surface area contributed by atoms with E-state index >= 15 is 0 Å². The number of imide groups is 1. The van der Waals surface area contributed by atoms with E-state index < -0.39 is 17.8 Å². The first-order chi connectivity index (χ1) is 12.5. The average Bonchev–Trinajstić information content (AvgIpc) is 2.87. The quantitative estimate of drug-likeness (QED) is 0.632. The van der Waals surface area contributed by atoms with E-state index in [1.54, 1.807) is 17.0 Å². The zero-order chi connectivity index (χ0) is 19.1. The zero-order valence-electron chi connectivity index (χ0n) is 15.2. The number of nitrogens with zero attached hydrogens (tertiary/aromatic N) is 2. The van der Waals surface area contributed by atoms with Gasteiger partial charge < -0.3 is 9.74 Å². The van der Waals surface area contributed by atoms with Crippen molar-refractivity contribution in [3.05, 3.63) is 35.4 Å². The van der Waals surface area contributed by atoms with Crippen LogP contribution in [0.4, 0.5) is 0 Å². The van der Waals surface area contributed by atoms with Gasteiger partial charge in [0.25, 0.3) is 11.8 Å². The molecule has 0 saturated carbocycles. The van der Waals surface area contributed by atoms with Crippen LogP contribution in [-0.4, -0.2) is 46.7 Å². The van der Waals surface area contributed by atoms with Crippen LogP contribution in [-0.2, 0) is 14.4 Å². The van der Waals surface area contributed by atoms with E-state index in [0.29, 0.717) is 24.6 Å². The second-order valence-electron chi connectivity index (χ2n) is 6.15. The number of amides is 3. The third-order valence-corrected chi connectivity index (χ3v) is 4.06. The van der Waals surface area contributed by atoms with Gasteiger partial charge in [0, 0.05) is 25.9 Å². The van der Waals surface area contributed by atoms with Gasteiger partial charge in [-0.15, -0.1) is 0 Å². The van der Waals surface area contributed by atoms with Crippen LogP contribution in [0.25, 0.3) is 0 Å². The summed E-state index contributed by atoms with van der Waals surface area (Å²) in [5.41, 5.74) is 0.436. The number of carbonyl (C=O) groups excluding carboxylic acids is 4. The molecule has 0 aliphatic carbocycles. The van der Waals surface area contributed by atoms with Gasteiger partial charge >= 0.3 is 5.97 Å². The molecular weight excluding hydrogens is 336 g/mol. The van der Waals surface area contributed by atoms with Gasteiger partial charge in [-0.2, -0.15) is 0 Å². The summed E-state index contributed by atoms with van der Waals surface area (Å²) in [7, 11) is 0. The minimum atomic E-state index is -0.704. The van der Waals surface area contributed by atoms with Crippen molar-refractivity contribution in [1.82, 2.24) is 9.96 Å². The number of hydrogen-bond donors (Lipinski definition) is 0. The largest absolute Gasteiger partial charge is 0.343 e. The van der Waals surface area contributed by atoms with E-state index in [4.69, 9.17) is 4.84 Å². The maximum atomic E-state index is 12.2. The van der Waals surface area contributed by atoms with Gasteiger partial charge in [0.2, 0.25) is 5.91 Å². The number of hydrogen-bond acceptors (Lipinski definition) is 5. The van der Waals surface area contributed by atoms with E-state index in [1.807, 2.05) is 13.8 Å². The first-order valence-electron chi connectivity index (χ1n) is 8.96. The molecule has 26 heavy (non-hydrogen) atoms. The Hall–Kier alpha value is -2.70. The molecule has 0 saturated heterocycles. The lowest BCUT2D eigenvalue weighted by molar-refractivity contribution is -0.168. The zero-order valence-corrected chi connectivity index (χ0v) is 15.2. The fourth-order valence-corrected chi connectivity index (χ4v) is 2.84. The fourth-order valence-electron chi connectivity index (χ4n) is 2.84. The van der Waals surface area contributed by atoms with Crippen molar-refractivity contribution in [2.24, 2.45) is 0 Å². The molecule has 0 radical (unpaired) electrons. The highest BCUT2D eigenvalue weighted by atomic mass is 16.7. The molecule has 0 bridgehead atoms. The molecule has 7 nitrogen and oxygen atoms in total. The molecule has 2 rings (SSSR count). The fraction of sp³-hybridized carbons (Fsp3) is 0.474. The van der Waals surface area contributed by atoms with Gasteiger partial charge in [-0.25, -0.2) is 4.79 Å². The predicted octanol–water partition coefficient (Wildman–Crippen LogP) is 2.56. The smallest absolute Gasteiger partial charge is 0.333 e. The van der Waals surface area contributed by atoms with E-state index in [0.717, 1.165) is 12.8 Å². The van der Waals surface area contributed by atoms with E-state index in [9.17, 15) is 19.2 Å². The second-order valence-corrected chi connectivity index (χ2v) is 6.15. The molecule has 0 atom stereocenters. The molecule has 7 heteroatoms. The molecule has 0 aromatic heterocycles. The summed E-state index contributed by atoms with van der Waals surface area (Å²) in [6, 6.07) is 6.30.